The van der Waals surface area contributed by atoms with Crippen molar-refractivity contribution >= 4 is 44.7 Å². The van der Waals surface area contributed by atoms with Gasteiger partial charge in [0.2, 0.25) is 0 Å². The molecular weight excluding hydrogens is 319 g/mol. The van der Waals surface area contributed by atoms with E-state index in [9.17, 15) is 0 Å². The molecule has 0 fully saturated rings. The van der Waals surface area contributed by atoms with E-state index < -0.39 is 0 Å². The summed E-state index contributed by atoms with van der Waals surface area (Å²) < 4.78 is 2.19. The molecule has 0 bridgehead atoms. The van der Waals surface area contributed by atoms with Crippen LogP contribution in [0.15, 0.2) is 27.8 Å². The number of benzene rings is 1. The number of nitrogens with two attached hydrogens (primary N) is 1. The topological polar surface area (TPSA) is 38.4 Å². The molecule has 0 amide bonds. The minimum atomic E-state index is 0.999. The molecule has 0 saturated carbocycles. The van der Waals surface area contributed by atoms with Crippen molar-refractivity contribution in [3.63, 3.8) is 0 Å². The third-order valence-corrected chi connectivity index (χ3v) is 3.72. The number of halogens is 2. The second-order valence-corrected chi connectivity index (χ2v) is 3.88. The van der Waals surface area contributed by atoms with Crippen LogP contribution in [0, 0.1) is 3.57 Å². The summed E-state index contributed by atoms with van der Waals surface area (Å²) in [5, 5.41) is 3.45. The van der Waals surface area contributed by atoms with Crippen LogP contribution >= 0.6 is 38.5 Å². The lowest BCUT2D eigenvalue weighted by molar-refractivity contribution is 1.26. The van der Waals surface area contributed by atoms with Gasteiger partial charge in [0.15, 0.2) is 0 Å². The van der Waals surface area contributed by atoms with Crippen molar-refractivity contribution in [1.29, 1.82) is 0 Å². The maximum absolute atomic E-state index is 5.03. The van der Waals surface area contributed by atoms with Crippen molar-refractivity contribution in [2.75, 3.05) is 0 Å². The van der Waals surface area contributed by atoms with Gasteiger partial charge in [-0.05, 0) is 44.6 Å². The molecule has 0 aromatic heterocycles. The van der Waals surface area contributed by atoms with E-state index in [4.69, 9.17) is 5.84 Å². The van der Waals surface area contributed by atoms with E-state index in [1.54, 1.807) is 6.21 Å². The maximum atomic E-state index is 5.03. The fourth-order valence-electron chi connectivity index (χ4n) is 0.700. The van der Waals surface area contributed by atoms with E-state index in [1.807, 2.05) is 18.2 Å². The molecule has 0 aliphatic heterocycles. The molecular formula is C7H6BrIN2. The van der Waals surface area contributed by atoms with E-state index in [0.29, 0.717) is 0 Å². The Hall–Kier alpha value is -0.100. The molecule has 0 radical (unpaired) electrons. The molecule has 0 unspecified atom stereocenters. The highest BCUT2D eigenvalue weighted by Gasteiger charge is 1.99. The molecule has 0 spiro atoms. The van der Waals surface area contributed by atoms with Crippen LogP contribution in [0.25, 0.3) is 0 Å². The Kier molecular flexibility index (Phi) is 3.32. The van der Waals surface area contributed by atoms with Crippen LogP contribution < -0.4 is 5.84 Å². The molecule has 2 nitrogen and oxygen atoms in total. The number of hydrogen-bond acceptors (Lipinski definition) is 2. The lowest BCUT2D eigenvalue weighted by Gasteiger charge is -1.98. The Balaban J connectivity index is 3.16. The van der Waals surface area contributed by atoms with Gasteiger partial charge in [-0.1, -0.05) is 12.1 Å². The Morgan fingerprint density at radius 2 is 2.27 bits per heavy atom. The van der Waals surface area contributed by atoms with Gasteiger partial charge in [-0.2, -0.15) is 5.10 Å². The van der Waals surface area contributed by atoms with Crippen molar-refractivity contribution in [3.8, 4) is 0 Å². The average molecular weight is 325 g/mol. The predicted molar refractivity (Wildman–Crippen MR) is 58.6 cm³/mol. The van der Waals surface area contributed by atoms with Crippen LogP contribution in [-0.2, 0) is 0 Å². The highest BCUT2D eigenvalue weighted by Crippen LogP contribution is 2.21. The smallest absolute Gasteiger partial charge is 0.0549 e. The lowest BCUT2D eigenvalue weighted by atomic mass is 10.2. The first-order valence-electron chi connectivity index (χ1n) is 2.93. The molecule has 0 saturated heterocycles. The van der Waals surface area contributed by atoms with Crippen molar-refractivity contribution in [1.82, 2.24) is 0 Å². The predicted octanol–water partition coefficient (Wildman–Crippen LogP) is 2.35. The van der Waals surface area contributed by atoms with Crippen LogP contribution in [-0.4, -0.2) is 6.21 Å². The summed E-state index contributed by atoms with van der Waals surface area (Å²) in [6.07, 6.45) is 1.62. The van der Waals surface area contributed by atoms with E-state index >= 15 is 0 Å². The van der Waals surface area contributed by atoms with E-state index in [1.165, 1.54) is 0 Å². The van der Waals surface area contributed by atoms with Crippen LogP contribution in [0.2, 0.25) is 0 Å². The van der Waals surface area contributed by atoms with Gasteiger partial charge in [0.05, 0.1) is 6.21 Å². The number of nitrogens with zero attached hydrogens (tertiary/aromatic N) is 1. The summed E-state index contributed by atoms with van der Waals surface area (Å²) in [6.45, 7) is 0. The summed E-state index contributed by atoms with van der Waals surface area (Å²) in [7, 11) is 0. The minimum absolute atomic E-state index is 0.999. The van der Waals surface area contributed by atoms with Crippen molar-refractivity contribution in [2.24, 2.45) is 10.9 Å². The Morgan fingerprint density at radius 3 is 2.91 bits per heavy atom. The Labute approximate surface area is 87.1 Å². The minimum Gasteiger partial charge on any atom is -0.323 e. The van der Waals surface area contributed by atoms with E-state index in [2.05, 4.69) is 43.6 Å². The van der Waals surface area contributed by atoms with Crippen LogP contribution in [0.5, 0.6) is 0 Å². The van der Waals surface area contributed by atoms with Crippen LogP contribution in [0.3, 0.4) is 0 Å². The number of hydrogen-bond donors (Lipinski definition) is 1. The van der Waals surface area contributed by atoms with Crippen LogP contribution in [0.1, 0.15) is 5.56 Å². The summed E-state index contributed by atoms with van der Waals surface area (Å²) in [4.78, 5) is 0. The monoisotopic (exact) mass is 324 g/mol. The highest BCUT2D eigenvalue weighted by atomic mass is 127. The van der Waals surface area contributed by atoms with E-state index in [-0.39, 0.29) is 0 Å². The van der Waals surface area contributed by atoms with Crippen molar-refractivity contribution in [2.45, 2.75) is 0 Å². The van der Waals surface area contributed by atoms with Gasteiger partial charge in [0, 0.05) is 13.6 Å². The van der Waals surface area contributed by atoms with Gasteiger partial charge >= 0.3 is 0 Å². The fourth-order valence-corrected chi connectivity index (χ4v) is 1.59. The lowest BCUT2D eigenvalue weighted by Crippen LogP contribution is -1.89. The number of rotatable bonds is 1. The molecule has 0 aliphatic rings. The van der Waals surface area contributed by atoms with Gasteiger partial charge in [-0.3, -0.25) is 0 Å². The first-order chi connectivity index (χ1) is 5.25. The highest BCUT2D eigenvalue weighted by molar-refractivity contribution is 14.1. The zero-order chi connectivity index (χ0) is 8.27. The fraction of sp³-hybridized carbons (Fsp3) is 0. The largest absolute Gasteiger partial charge is 0.323 e. The van der Waals surface area contributed by atoms with E-state index in [0.717, 1.165) is 13.6 Å². The van der Waals surface area contributed by atoms with Crippen LogP contribution in [0.4, 0.5) is 0 Å². The normalized spacial score (nSPS) is 10.7. The zero-order valence-corrected chi connectivity index (χ0v) is 9.33. The Morgan fingerprint density at radius 1 is 1.55 bits per heavy atom. The summed E-state index contributed by atoms with van der Waals surface area (Å²) >= 11 is 5.67. The first-order valence-corrected chi connectivity index (χ1v) is 4.80. The third-order valence-electron chi connectivity index (χ3n) is 1.20. The Bertz CT molecular complexity index is 286. The molecule has 4 heteroatoms. The molecule has 1 aromatic carbocycles. The molecule has 0 heterocycles. The standard InChI is InChI=1S/C7H6BrIN2/c8-7-5(4-11-10)2-1-3-6(7)9/h1-4H,10H2. The third kappa shape index (κ3) is 2.16. The first kappa shape index (κ1) is 8.99. The second kappa shape index (κ2) is 4.06. The molecule has 2 N–H and O–H groups in total. The van der Waals surface area contributed by atoms with Gasteiger partial charge < -0.3 is 5.84 Å². The second-order valence-electron chi connectivity index (χ2n) is 1.92. The molecule has 1 aromatic rings. The van der Waals surface area contributed by atoms with Crippen molar-refractivity contribution in [3.05, 3.63) is 31.8 Å². The molecule has 0 aliphatic carbocycles. The van der Waals surface area contributed by atoms with Gasteiger partial charge in [-0.15, -0.1) is 0 Å². The maximum Gasteiger partial charge on any atom is 0.0549 e. The average Bonchev–Trinajstić information content (AvgIpc) is 1.99. The van der Waals surface area contributed by atoms with Crippen molar-refractivity contribution < 1.29 is 0 Å². The summed E-state index contributed by atoms with van der Waals surface area (Å²) in [5.74, 6) is 5.03. The molecule has 58 valence electrons. The zero-order valence-electron chi connectivity index (χ0n) is 5.59. The van der Waals surface area contributed by atoms with Gasteiger partial charge in [0.25, 0.3) is 0 Å². The molecule has 0 atom stereocenters. The van der Waals surface area contributed by atoms with Gasteiger partial charge in [0.1, 0.15) is 0 Å². The quantitative estimate of drug-likeness (QED) is 0.366. The van der Waals surface area contributed by atoms with Gasteiger partial charge in [-0.25, -0.2) is 0 Å². The summed E-state index contributed by atoms with van der Waals surface area (Å²) in [6, 6.07) is 5.92. The molecule has 11 heavy (non-hydrogen) atoms. The summed E-state index contributed by atoms with van der Waals surface area (Å²) in [5.41, 5.74) is 0.999. The SMILES string of the molecule is NN=Cc1cccc(I)c1Br. The number of hydrazone groups is 1. The molecule has 1 rings (SSSR count).